The first kappa shape index (κ1) is 39.0. The van der Waals surface area contributed by atoms with Crippen LogP contribution in [0.15, 0.2) is 24.8 Å². The van der Waals surface area contributed by atoms with E-state index in [0.29, 0.717) is 29.1 Å². The molecule has 48 heavy (non-hydrogen) atoms. The number of carbonyl (C=O) groups is 3. The zero-order valence-electron chi connectivity index (χ0n) is 28.4. The van der Waals surface area contributed by atoms with Crippen molar-refractivity contribution in [3.05, 3.63) is 75.4 Å². The number of esters is 1. The fourth-order valence-electron chi connectivity index (χ4n) is 6.75. The molecule has 5 rings (SSSR count). The Labute approximate surface area is 312 Å². The second kappa shape index (κ2) is 15.8. The molecule has 4 N–H and O–H groups in total. The van der Waals surface area contributed by atoms with Crippen molar-refractivity contribution in [2.24, 2.45) is 0 Å². The molecule has 0 spiro atoms. The molecule has 0 unspecified atom stereocenters. The van der Waals surface area contributed by atoms with Crippen LogP contribution < -0.4 is 29.6 Å². The first-order valence-electron chi connectivity index (χ1n) is 15.6. The summed E-state index contributed by atoms with van der Waals surface area (Å²) in [6.07, 6.45) is 2.49. The number of aliphatic carboxylic acids is 2. The molecule has 2 aliphatic heterocycles. The average Bonchev–Trinajstić information content (AvgIpc) is 3.68. The summed E-state index contributed by atoms with van der Waals surface area (Å²) in [5, 5.41) is 20.5. The van der Waals surface area contributed by atoms with Crippen molar-refractivity contribution in [2.75, 3.05) is 6.61 Å². The van der Waals surface area contributed by atoms with Crippen molar-refractivity contribution in [1.82, 2.24) is 19.9 Å². The number of aromatic nitrogens is 4. The van der Waals surface area contributed by atoms with Crippen molar-refractivity contribution >= 4 is 57.2 Å². The van der Waals surface area contributed by atoms with Crippen molar-refractivity contribution in [1.29, 1.82) is 0 Å². The minimum Gasteiger partial charge on any atom is -0.481 e. The van der Waals surface area contributed by atoms with E-state index in [4.69, 9.17) is 14.7 Å². The van der Waals surface area contributed by atoms with Gasteiger partial charge in [-0.05, 0) is 81.0 Å². The first-order valence-corrected chi connectivity index (χ1v) is 15.6. The Balaban J connectivity index is 0.00000312. The maximum Gasteiger partial charge on any atom is 2.00 e. The minimum absolute atomic E-state index is 0. The van der Waals surface area contributed by atoms with E-state index >= 15 is 0 Å². The Morgan fingerprint density at radius 1 is 0.958 bits per heavy atom. The van der Waals surface area contributed by atoms with Gasteiger partial charge in [0.25, 0.3) is 0 Å². The summed E-state index contributed by atoms with van der Waals surface area (Å²) in [5.74, 6) is -3.31. The number of aryl methyl sites for hydroxylation is 3. The zero-order chi connectivity index (χ0) is 33.4. The van der Waals surface area contributed by atoms with Gasteiger partial charge < -0.3 is 24.9 Å². The molecule has 12 heteroatoms. The number of nitrogens with zero attached hydrogens (tertiary/aromatic N) is 2. The summed E-state index contributed by atoms with van der Waals surface area (Å²) in [6.45, 7) is 15.8. The zero-order valence-corrected chi connectivity index (χ0v) is 31.4. The van der Waals surface area contributed by atoms with Gasteiger partial charge in [-0.25, -0.2) is 9.78 Å². The summed E-state index contributed by atoms with van der Waals surface area (Å²) in [4.78, 5) is 54.4. The molecular weight excluding hydrogens is 671 g/mol. The second-order valence-corrected chi connectivity index (χ2v) is 11.9. The van der Waals surface area contributed by atoms with Crippen molar-refractivity contribution in [3.8, 4) is 0 Å². The fourth-order valence-corrected chi connectivity index (χ4v) is 6.75. The fraction of sp³-hybridized carbons (Fsp3) is 0.361. The van der Waals surface area contributed by atoms with Crippen molar-refractivity contribution in [2.45, 2.75) is 79.1 Å². The van der Waals surface area contributed by atoms with Gasteiger partial charge in [0.1, 0.15) is 0 Å². The normalized spacial score (nSPS) is 15.4. The van der Waals surface area contributed by atoms with E-state index in [1.807, 2.05) is 39.0 Å². The van der Waals surface area contributed by atoms with Crippen LogP contribution >= 0.6 is 0 Å². The van der Waals surface area contributed by atoms with E-state index in [-0.39, 0.29) is 94.3 Å². The van der Waals surface area contributed by atoms with Crippen LogP contribution in [-0.2, 0) is 49.0 Å². The number of nitrogens with one attached hydrogen (secondary N) is 2. The largest absolute Gasteiger partial charge is 2.00 e. The number of hydrogen-bond acceptors (Lipinski definition) is 6. The van der Waals surface area contributed by atoms with E-state index in [1.165, 1.54) is 0 Å². The summed E-state index contributed by atoms with van der Waals surface area (Å²) in [6, 6.07) is 5.84. The summed E-state index contributed by atoms with van der Waals surface area (Å²) in [7, 11) is 0. The number of hydrogen-bond donors (Lipinski definition) is 4. The summed E-state index contributed by atoms with van der Waals surface area (Å²) in [5.41, 5.74) is 9.66. The first-order chi connectivity index (χ1) is 21.9. The quantitative estimate of drug-likeness (QED) is 0.192. The van der Waals surface area contributed by atoms with E-state index in [0.717, 1.165) is 50.7 Å². The summed E-state index contributed by atoms with van der Waals surface area (Å²) < 4.78 is 5.19. The molecule has 5 heterocycles. The molecule has 3 aromatic heterocycles. The number of rotatable bonds is 9. The third-order valence-electron chi connectivity index (χ3n) is 9.24. The Morgan fingerprint density at radius 2 is 1.62 bits per heavy atom. The van der Waals surface area contributed by atoms with Crippen LogP contribution in [0.4, 0.5) is 0 Å². The molecule has 2 aliphatic rings. The minimum atomic E-state index is -1.20. The molecule has 8 bridgehead atoms. The average molecular weight is 711 g/mol. The standard InChI is InChI=1S/C36H40N4O6.Cu.Na/c1-8-21-17(4)25-14-27-19(6)23(11-12-32(43)46-10-3)34(39-27)24(13-31(41)42)35-33(36(44)45)20(7)28(40-35)16-30-22(9-2)18(5)26(38-30)15-29(21)37-25;;/h8,14-16,19,23,37-38H,1,9-13H2,2-7H3,(H,41,42)(H,44,45);;/q;+2;+1/t19-,23-;;/m0../s1. The monoisotopic (exact) mass is 710 g/mol. The van der Waals surface area contributed by atoms with E-state index in [9.17, 15) is 24.6 Å². The smallest absolute Gasteiger partial charge is 0.481 e. The Morgan fingerprint density at radius 3 is 2.23 bits per heavy atom. The van der Waals surface area contributed by atoms with Crippen LogP contribution in [0.25, 0.3) is 39.3 Å². The van der Waals surface area contributed by atoms with Gasteiger partial charge in [-0.1, -0.05) is 26.5 Å². The van der Waals surface area contributed by atoms with Crippen molar-refractivity contribution in [3.63, 3.8) is 0 Å². The Kier molecular flexibility index (Phi) is 12.9. The van der Waals surface area contributed by atoms with Crippen LogP contribution in [0.3, 0.4) is 0 Å². The van der Waals surface area contributed by atoms with Gasteiger partial charge in [-0.2, -0.15) is 0 Å². The van der Waals surface area contributed by atoms with Crippen LogP contribution in [0.2, 0.25) is 0 Å². The molecule has 0 aromatic carbocycles. The van der Waals surface area contributed by atoms with Crippen LogP contribution in [0.5, 0.6) is 0 Å². The van der Waals surface area contributed by atoms with Gasteiger partial charge in [0.05, 0.1) is 35.7 Å². The van der Waals surface area contributed by atoms with E-state index in [1.54, 1.807) is 13.8 Å². The number of carboxylic acids is 2. The third kappa shape index (κ3) is 7.26. The van der Waals surface area contributed by atoms with Crippen LogP contribution in [0, 0.1) is 13.8 Å². The third-order valence-corrected chi connectivity index (χ3v) is 9.24. The number of H-pyrrole nitrogens is 2. The number of allylic oxidation sites excluding steroid dienone is 1. The topological polar surface area (TPSA) is 158 Å². The molecule has 249 valence electrons. The van der Waals surface area contributed by atoms with Gasteiger partial charge in [0.15, 0.2) is 0 Å². The molecule has 0 amide bonds. The van der Waals surface area contributed by atoms with Crippen LogP contribution in [0.1, 0.15) is 103 Å². The maximum absolute atomic E-state index is 12.8. The molecule has 2 atom stereocenters. The van der Waals surface area contributed by atoms with Gasteiger partial charge in [-0.3, -0.25) is 14.6 Å². The van der Waals surface area contributed by atoms with Gasteiger partial charge in [0.2, 0.25) is 0 Å². The molecule has 10 nitrogen and oxygen atoms in total. The molecule has 1 radical (unpaired) electrons. The van der Waals surface area contributed by atoms with E-state index < -0.39 is 18.4 Å². The number of carboxylic acid groups (broad SMARTS) is 2. The molecular formula is C36H40CuN4NaO6+3. The van der Waals surface area contributed by atoms with Gasteiger partial charge in [-0.15, -0.1) is 0 Å². The Bertz CT molecular complexity index is 1990. The number of fused-ring (bicyclic) bond motifs is 8. The molecule has 0 fully saturated rings. The molecule has 0 aliphatic carbocycles. The number of carbonyl (C=O) groups excluding carboxylic acids is 1. The predicted octanol–water partition coefficient (Wildman–Crippen LogP) is 4.01. The van der Waals surface area contributed by atoms with E-state index in [2.05, 4.69) is 29.5 Å². The molecule has 0 saturated carbocycles. The summed E-state index contributed by atoms with van der Waals surface area (Å²) >= 11 is 0. The van der Waals surface area contributed by atoms with Crippen molar-refractivity contribution < 1.29 is 76.0 Å². The van der Waals surface area contributed by atoms with Gasteiger partial charge >= 0.3 is 64.5 Å². The SMILES string of the molecule is C=Cc1c(C)c2cc3nc(c(CC(=O)O)c4nc(cc5[nH]c(cc1[nH]2)c(C)c5CC)C(C)=C4C(=O)O)[C@@H](CCC(=O)OCC)[C@@H]3C.[Cu+2].[Na+]. The Hall–Kier alpha value is -3.47. The number of aromatic amines is 2. The van der Waals surface area contributed by atoms with Crippen LogP contribution in [-0.4, -0.2) is 54.7 Å². The number of ether oxygens (including phenoxy) is 1. The second-order valence-electron chi connectivity index (χ2n) is 11.9. The van der Waals surface area contributed by atoms with Gasteiger partial charge in [0, 0.05) is 57.1 Å². The molecule has 0 saturated heterocycles. The predicted molar refractivity (Wildman–Crippen MR) is 178 cm³/mol. The maximum atomic E-state index is 12.8. The molecule has 3 aromatic rings.